The molecule has 0 heterocycles. The number of primary amides is 1. The van der Waals surface area contributed by atoms with Crippen molar-refractivity contribution in [3.05, 3.63) is 0 Å². The zero-order valence-electron chi connectivity index (χ0n) is 34.1. The molecule has 6 unspecified atom stereocenters. The zero-order valence-corrected chi connectivity index (χ0v) is 34.1. The van der Waals surface area contributed by atoms with Crippen molar-refractivity contribution in [2.45, 2.75) is 108 Å². The van der Waals surface area contributed by atoms with Gasteiger partial charge in [0.1, 0.15) is 30.2 Å². The van der Waals surface area contributed by atoms with E-state index in [1.54, 1.807) is 13.8 Å². The first-order valence-corrected chi connectivity index (χ1v) is 19.1. The van der Waals surface area contributed by atoms with E-state index in [1.165, 1.54) is 0 Å². The number of nitrogens with zero attached hydrogens (tertiary/aromatic N) is 4. The highest BCUT2D eigenvalue weighted by Gasteiger charge is 2.33. The first-order valence-electron chi connectivity index (χ1n) is 19.1. The minimum atomic E-state index is -1.39. The van der Waals surface area contributed by atoms with Gasteiger partial charge >= 0.3 is 5.97 Å². The lowest BCUT2D eigenvalue weighted by Gasteiger charge is -2.28. The van der Waals surface area contributed by atoms with Gasteiger partial charge in [-0.05, 0) is 57.3 Å². The van der Waals surface area contributed by atoms with Crippen LogP contribution in [0.15, 0.2) is 20.0 Å². The fourth-order valence-corrected chi connectivity index (χ4v) is 5.26. The maximum absolute atomic E-state index is 14.0. The Bertz CT molecular complexity index is 1550. The fraction of sp³-hybridized carbons (Fsp3) is 0.667. The Kier molecular flexibility index (Phi) is 25.5. The van der Waals surface area contributed by atoms with Crippen molar-refractivity contribution in [1.29, 1.82) is 0 Å². The largest absolute Gasteiger partial charge is 0.480 e. The van der Waals surface area contributed by atoms with E-state index >= 15 is 0 Å². The molecule has 6 amide bonds. The molecule has 0 aromatic carbocycles. The summed E-state index contributed by atoms with van der Waals surface area (Å²) in [5.74, 6) is -7.83. The van der Waals surface area contributed by atoms with Crippen molar-refractivity contribution in [1.82, 2.24) is 26.6 Å². The van der Waals surface area contributed by atoms with E-state index < -0.39 is 90.0 Å². The number of rotatable bonds is 30. The normalized spacial score (nSPS) is 13.7. The summed E-state index contributed by atoms with van der Waals surface area (Å²) < 4.78 is 0. The number of aliphatic carboxylic acids is 1. The number of hydrogen-bond acceptors (Lipinski definition) is 12. The molecule has 0 spiro atoms. The van der Waals surface area contributed by atoms with E-state index in [0.29, 0.717) is 0 Å². The van der Waals surface area contributed by atoms with Crippen molar-refractivity contribution in [3.8, 4) is 0 Å². The number of carbonyl (C=O) groups is 7. The number of nitrogens with one attached hydrogen (secondary N) is 5. The Morgan fingerprint density at radius 2 is 0.767 bits per heavy atom. The monoisotopic (exact) mass is 856 g/mol. The first kappa shape index (κ1) is 53.3. The van der Waals surface area contributed by atoms with Crippen LogP contribution in [0.3, 0.4) is 0 Å². The molecule has 27 nitrogen and oxygen atoms in total. The van der Waals surface area contributed by atoms with Crippen molar-refractivity contribution >= 4 is 65.3 Å². The molecule has 0 aromatic rings. The van der Waals surface area contributed by atoms with Crippen LogP contribution in [-0.2, 0) is 33.6 Å². The smallest absolute Gasteiger partial charge is 0.326 e. The second kappa shape index (κ2) is 28.7. The molecule has 0 rings (SSSR count). The minimum absolute atomic E-state index is 0.0304. The molecule has 0 bridgehead atoms. The molecule has 0 radical (unpaired) electrons. The SMILES string of the molecule is CC(C)C(NC(=O)C(CCCN=C(N)N)NC(=O)C(CCCN=C(N)N)NC(=O)C(CCCN=C(N)N)NC(=O)C(N)CC(N)=O)C(=O)NC(CCCN=C(N)N)C(=O)O. The molecule has 0 aliphatic rings. The Hall–Kier alpha value is -6.67. The lowest BCUT2D eigenvalue weighted by molar-refractivity contribution is -0.142. The molecule has 0 aliphatic heterocycles. The molecular formula is C33H65N19O8. The molecule has 0 saturated carbocycles. The third-order valence-corrected chi connectivity index (χ3v) is 8.30. The predicted molar refractivity (Wildman–Crippen MR) is 224 cm³/mol. The summed E-state index contributed by atoms with van der Waals surface area (Å²) in [4.78, 5) is 107. The number of carboxylic acids is 1. The molecule has 0 saturated heterocycles. The van der Waals surface area contributed by atoms with E-state index in [0.717, 1.165) is 0 Å². The molecule has 340 valence electrons. The maximum atomic E-state index is 14.0. The van der Waals surface area contributed by atoms with E-state index in [2.05, 4.69) is 46.6 Å². The number of hydrogen-bond donors (Lipinski definition) is 16. The number of carbonyl (C=O) groups excluding carboxylic acids is 6. The van der Waals surface area contributed by atoms with Gasteiger partial charge in [0.15, 0.2) is 23.8 Å². The van der Waals surface area contributed by atoms with Crippen LogP contribution in [0.4, 0.5) is 0 Å². The van der Waals surface area contributed by atoms with Crippen LogP contribution in [0, 0.1) is 5.92 Å². The minimum Gasteiger partial charge on any atom is -0.480 e. The molecule has 0 aromatic heterocycles. The Labute approximate surface area is 347 Å². The average molecular weight is 856 g/mol. The molecule has 0 aliphatic carbocycles. The topological polar surface area (TPSA) is 510 Å². The number of amides is 6. The number of aliphatic imine (C=N–C) groups is 4. The summed E-state index contributed by atoms with van der Waals surface area (Å²) in [6, 6.07) is -8.04. The molecule has 26 N–H and O–H groups in total. The maximum Gasteiger partial charge on any atom is 0.326 e. The van der Waals surface area contributed by atoms with Gasteiger partial charge in [-0.1, -0.05) is 13.8 Å². The standard InChI is InChI=1S/C33H65N19O8/c1-16(2)23(28(58)51-21(29(59)60)10-6-14-47-33(42)43)52-27(57)20(9-5-13-46-32(40)41)50-26(56)19(8-4-12-45-31(38)39)49-25(55)18(7-3-11-44-30(36)37)48-24(54)17(34)15-22(35)53/h16-21,23H,3-15,34H2,1-2H3,(H2,35,53)(H,48,54)(H,49,55)(H,50,56)(H,51,58)(H,52,57)(H,59,60)(H4,36,37,44)(H4,38,39,45)(H4,40,41,46)(H4,42,43,47). The number of guanidine groups is 4. The molecule has 0 fully saturated rings. The molecular weight excluding hydrogens is 790 g/mol. The van der Waals surface area contributed by atoms with Crippen LogP contribution in [0.1, 0.15) is 71.6 Å². The van der Waals surface area contributed by atoms with Crippen molar-refractivity contribution < 1.29 is 38.7 Å². The van der Waals surface area contributed by atoms with Gasteiger partial charge in [0.2, 0.25) is 35.4 Å². The number of carboxylic acid groups (broad SMARTS) is 1. The van der Waals surface area contributed by atoms with E-state index in [4.69, 9.17) is 57.3 Å². The summed E-state index contributed by atoms with van der Waals surface area (Å²) in [6.07, 6.45) is -0.0480. The molecule has 6 atom stereocenters. The summed E-state index contributed by atoms with van der Waals surface area (Å²) in [7, 11) is 0. The average Bonchev–Trinajstić information content (AvgIpc) is 3.13. The van der Waals surface area contributed by atoms with Gasteiger partial charge in [0, 0.05) is 26.2 Å². The van der Waals surface area contributed by atoms with Crippen LogP contribution in [0.5, 0.6) is 0 Å². The first-order chi connectivity index (χ1) is 28.0. The van der Waals surface area contributed by atoms with Gasteiger partial charge in [-0.25, -0.2) is 4.79 Å². The summed E-state index contributed by atoms with van der Waals surface area (Å²) in [5.41, 5.74) is 54.1. The van der Waals surface area contributed by atoms with Gasteiger partial charge < -0.3 is 89.0 Å². The van der Waals surface area contributed by atoms with E-state index in [-0.39, 0.29) is 101 Å². The Balaban J connectivity index is 6.56. The second-order valence-electron chi connectivity index (χ2n) is 13.9. The van der Waals surface area contributed by atoms with Gasteiger partial charge in [-0.3, -0.25) is 48.7 Å². The molecule has 27 heteroatoms. The third kappa shape index (κ3) is 24.2. The highest BCUT2D eigenvalue weighted by Crippen LogP contribution is 2.10. The quantitative estimate of drug-likeness (QED) is 0.0181. The van der Waals surface area contributed by atoms with Crippen LogP contribution >= 0.6 is 0 Å². The summed E-state index contributed by atoms with van der Waals surface area (Å²) in [6.45, 7) is 3.50. The van der Waals surface area contributed by atoms with Crippen molar-refractivity contribution in [3.63, 3.8) is 0 Å². The summed E-state index contributed by atoms with van der Waals surface area (Å²) in [5, 5.41) is 22.4. The van der Waals surface area contributed by atoms with Crippen molar-refractivity contribution in [2.24, 2.45) is 83.2 Å². The van der Waals surface area contributed by atoms with Crippen LogP contribution in [0.25, 0.3) is 0 Å². The van der Waals surface area contributed by atoms with Gasteiger partial charge in [-0.15, -0.1) is 0 Å². The Morgan fingerprint density at radius 1 is 0.467 bits per heavy atom. The highest BCUT2D eigenvalue weighted by atomic mass is 16.4. The fourth-order valence-electron chi connectivity index (χ4n) is 5.26. The molecule has 60 heavy (non-hydrogen) atoms. The number of nitrogens with two attached hydrogens (primary N) is 10. The zero-order chi connectivity index (χ0) is 45.9. The van der Waals surface area contributed by atoms with Crippen LogP contribution < -0.4 is 83.9 Å². The van der Waals surface area contributed by atoms with Crippen LogP contribution in [-0.4, -0.2) is 133 Å². The van der Waals surface area contributed by atoms with E-state index in [9.17, 15) is 38.7 Å². The Morgan fingerprint density at radius 3 is 1.07 bits per heavy atom. The van der Waals surface area contributed by atoms with Gasteiger partial charge in [0.05, 0.1) is 12.5 Å². The van der Waals surface area contributed by atoms with Crippen LogP contribution in [0.2, 0.25) is 0 Å². The third-order valence-electron chi connectivity index (χ3n) is 8.30. The van der Waals surface area contributed by atoms with Gasteiger partial charge in [0.25, 0.3) is 0 Å². The highest BCUT2D eigenvalue weighted by molar-refractivity contribution is 5.97. The lowest BCUT2D eigenvalue weighted by Crippen LogP contribution is -2.60. The lowest BCUT2D eigenvalue weighted by atomic mass is 10.0. The summed E-state index contributed by atoms with van der Waals surface area (Å²) >= 11 is 0. The van der Waals surface area contributed by atoms with Gasteiger partial charge in [-0.2, -0.15) is 0 Å². The van der Waals surface area contributed by atoms with E-state index in [1.807, 2.05) is 0 Å². The van der Waals surface area contributed by atoms with Crippen molar-refractivity contribution in [2.75, 3.05) is 26.2 Å². The second-order valence-corrected chi connectivity index (χ2v) is 13.9. The predicted octanol–water partition coefficient (Wildman–Crippen LogP) is -7.43.